The van der Waals surface area contributed by atoms with Crippen LogP contribution in [0.15, 0.2) is 0 Å². The van der Waals surface area contributed by atoms with Crippen molar-refractivity contribution in [2.24, 2.45) is 22.7 Å². The number of Topliss-reactive ketones (excluding diaryl/α,β-unsaturated/α-hetero) is 1. The maximum atomic E-state index is 12.6. The topological polar surface area (TPSA) is 20.3 Å². The molecule has 1 heterocycles. The summed E-state index contributed by atoms with van der Waals surface area (Å²) in [5, 5.41) is 0. The van der Waals surface area contributed by atoms with Crippen LogP contribution in [0.3, 0.4) is 0 Å². The monoisotopic (exact) mass is 267 g/mol. The van der Waals surface area contributed by atoms with Gasteiger partial charge in [0.15, 0.2) is 0 Å². The summed E-state index contributed by atoms with van der Waals surface area (Å²) in [6.45, 7) is 18.9. The molecule has 0 bridgehead atoms. The van der Waals surface area contributed by atoms with E-state index in [1.54, 1.807) is 0 Å². The van der Waals surface area contributed by atoms with Crippen molar-refractivity contribution >= 4 is 5.78 Å². The normalized spacial score (nSPS) is 27.4. The highest BCUT2D eigenvalue weighted by Gasteiger charge is 2.44. The van der Waals surface area contributed by atoms with Gasteiger partial charge in [0.05, 0.1) is 0 Å². The summed E-state index contributed by atoms with van der Waals surface area (Å²) >= 11 is 0. The third-order valence-corrected chi connectivity index (χ3v) is 4.46. The number of ketones is 1. The molecular formula is C17H33NO. The molecule has 2 atom stereocenters. The second kappa shape index (κ2) is 5.95. The first-order chi connectivity index (χ1) is 8.57. The standard InChI is InChI=1S/C17H33NO/c1-8-10-18-11-9-14(19)15(17(5,6)7)13(12-18)16(2,3)4/h13,15H,8-12H2,1-7H3. The van der Waals surface area contributed by atoms with Crippen molar-refractivity contribution in [3.63, 3.8) is 0 Å². The lowest BCUT2D eigenvalue weighted by atomic mass is 9.62. The molecule has 19 heavy (non-hydrogen) atoms. The van der Waals surface area contributed by atoms with Crippen LogP contribution in [0.1, 0.15) is 61.3 Å². The SMILES string of the molecule is CCCN1CCC(=O)C(C(C)(C)C)C(C(C)(C)C)C1. The first kappa shape index (κ1) is 16.7. The van der Waals surface area contributed by atoms with Crippen LogP contribution < -0.4 is 0 Å². The number of nitrogens with zero attached hydrogens (tertiary/aromatic N) is 1. The third kappa shape index (κ3) is 4.30. The summed E-state index contributed by atoms with van der Waals surface area (Å²) < 4.78 is 0. The first-order valence-electron chi connectivity index (χ1n) is 7.82. The molecular weight excluding hydrogens is 234 g/mol. The third-order valence-electron chi connectivity index (χ3n) is 4.46. The van der Waals surface area contributed by atoms with Gasteiger partial charge in [-0.25, -0.2) is 0 Å². The average Bonchev–Trinajstić information content (AvgIpc) is 2.37. The molecule has 1 aliphatic rings. The largest absolute Gasteiger partial charge is 0.303 e. The molecule has 1 saturated heterocycles. The van der Waals surface area contributed by atoms with Crippen molar-refractivity contribution in [3.05, 3.63) is 0 Å². The fraction of sp³-hybridized carbons (Fsp3) is 0.941. The molecule has 0 N–H and O–H groups in total. The molecule has 0 aromatic rings. The molecule has 0 aliphatic carbocycles. The van der Waals surface area contributed by atoms with Gasteiger partial charge < -0.3 is 4.90 Å². The van der Waals surface area contributed by atoms with Crippen molar-refractivity contribution in [2.45, 2.75) is 61.3 Å². The molecule has 0 radical (unpaired) electrons. The van der Waals surface area contributed by atoms with Gasteiger partial charge in [0.1, 0.15) is 5.78 Å². The Labute approximate surface area is 119 Å². The Morgan fingerprint density at radius 3 is 2.11 bits per heavy atom. The molecule has 0 aromatic carbocycles. The van der Waals surface area contributed by atoms with E-state index in [4.69, 9.17) is 0 Å². The molecule has 0 spiro atoms. The zero-order chi connectivity index (χ0) is 14.8. The molecule has 1 fully saturated rings. The Hall–Kier alpha value is -0.370. The van der Waals surface area contributed by atoms with Crippen molar-refractivity contribution in [3.8, 4) is 0 Å². The Morgan fingerprint density at radius 1 is 1.11 bits per heavy atom. The Morgan fingerprint density at radius 2 is 1.68 bits per heavy atom. The molecule has 2 nitrogen and oxygen atoms in total. The number of carbonyl (C=O) groups is 1. The second-order valence-corrected chi connectivity index (χ2v) is 8.33. The molecule has 2 unspecified atom stereocenters. The number of hydrogen-bond acceptors (Lipinski definition) is 2. The van der Waals surface area contributed by atoms with E-state index >= 15 is 0 Å². The maximum absolute atomic E-state index is 12.6. The van der Waals surface area contributed by atoms with E-state index in [1.165, 1.54) is 6.42 Å². The van der Waals surface area contributed by atoms with Gasteiger partial charge in [-0.1, -0.05) is 48.5 Å². The van der Waals surface area contributed by atoms with Crippen LogP contribution in [-0.4, -0.2) is 30.3 Å². The maximum Gasteiger partial charge on any atom is 0.138 e. The molecule has 0 saturated carbocycles. The van der Waals surface area contributed by atoms with E-state index in [-0.39, 0.29) is 16.7 Å². The quantitative estimate of drug-likeness (QED) is 0.754. The lowest BCUT2D eigenvalue weighted by molar-refractivity contribution is -0.129. The van der Waals surface area contributed by atoms with Crippen LogP contribution in [0, 0.1) is 22.7 Å². The number of carbonyl (C=O) groups excluding carboxylic acids is 1. The van der Waals surface area contributed by atoms with Crippen molar-refractivity contribution in [2.75, 3.05) is 19.6 Å². The highest BCUT2D eigenvalue weighted by atomic mass is 16.1. The van der Waals surface area contributed by atoms with Crippen molar-refractivity contribution in [1.82, 2.24) is 4.90 Å². The van der Waals surface area contributed by atoms with E-state index in [0.717, 1.165) is 26.1 Å². The molecule has 112 valence electrons. The first-order valence-corrected chi connectivity index (χ1v) is 7.82. The summed E-state index contributed by atoms with van der Waals surface area (Å²) in [6.07, 6.45) is 1.90. The second-order valence-electron chi connectivity index (χ2n) is 8.33. The van der Waals surface area contributed by atoms with Gasteiger partial charge in [0, 0.05) is 25.4 Å². The van der Waals surface area contributed by atoms with Crippen LogP contribution in [0.5, 0.6) is 0 Å². The summed E-state index contributed by atoms with van der Waals surface area (Å²) in [7, 11) is 0. The van der Waals surface area contributed by atoms with Crippen molar-refractivity contribution < 1.29 is 4.79 Å². The smallest absolute Gasteiger partial charge is 0.138 e. The summed E-state index contributed by atoms with van der Waals surface area (Å²) in [5.41, 5.74) is 0.251. The van der Waals surface area contributed by atoms with E-state index in [2.05, 4.69) is 53.4 Å². The van der Waals surface area contributed by atoms with Gasteiger partial charge in [-0.15, -0.1) is 0 Å². The van der Waals surface area contributed by atoms with Gasteiger partial charge >= 0.3 is 0 Å². The number of rotatable bonds is 2. The van der Waals surface area contributed by atoms with Crippen LogP contribution in [0.4, 0.5) is 0 Å². The minimum absolute atomic E-state index is 0.0667. The van der Waals surface area contributed by atoms with E-state index < -0.39 is 0 Å². The Bertz CT molecular complexity index is 308. The minimum Gasteiger partial charge on any atom is -0.303 e. The van der Waals surface area contributed by atoms with Crippen LogP contribution >= 0.6 is 0 Å². The molecule has 1 aliphatic heterocycles. The zero-order valence-corrected chi connectivity index (χ0v) is 14.0. The van der Waals surface area contributed by atoms with E-state index in [0.29, 0.717) is 11.7 Å². The van der Waals surface area contributed by atoms with Crippen LogP contribution in [0.2, 0.25) is 0 Å². The Balaban J connectivity index is 3.08. The molecule has 1 rings (SSSR count). The fourth-order valence-corrected chi connectivity index (χ4v) is 3.50. The minimum atomic E-state index is 0.0667. The number of likely N-dealkylation sites (tertiary alicyclic amines) is 1. The summed E-state index contributed by atoms with van der Waals surface area (Å²) in [5.74, 6) is 1.12. The lowest BCUT2D eigenvalue weighted by Crippen LogP contribution is -2.44. The van der Waals surface area contributed by atoms with Crippen LogP contribution in [-0.2, 0) is 4.79 Å². The van der Waals surface area contributed by atoms with Crippen molar-refractivity contribution in [1.29, 1.82) is 0 Å². The van der Waals surface area contributed by atoms with E-state index in [9.17, 15) is 4.79 Å². The average molecular weight is 267 g/mol. The summed E-state index contributed by atoms with van der Waals surface area (Å²) in [6, 6.07) is 0. The predicted octanol–water partition coefficient (Wildman–Crippen LogP) is 4.00. The highest BCUT2D eigenvalue weighted by Crippen LogP contribution is 2.44. The van der Waals surface area contributed by atoms with Gasteiger partial charge in [0.25, 0.3) is 0 Å². The van der Waals surface area contributed by atoms with Crippen LogP contribution in [0.25, 0.3) is 0 Å². The summed E-state index contributed by atoms with van der Waals surface area (Å²) in [4.78, 5) is 15.1. The Kier molecular flexibility index (Phi) is 5.22. The van der Waals surface area contributed by atoms with Gasteiger partial charge in [0.2, 0.25) is 0 Å². The fourth-order valence-electron chi connectivity index (χ4n) is 3.50. The molecule has 2 heteroatoms. The highest BCUT2D eigenvalue weighted by molar-refractivity contribution is 5.82. The van der Waals surface area contributed by atoms with Gasteiger partial charge in [-0.2, -0.15) is 0 Å². The lowest BCUT2D eigenvalue weighted by Gasteiger charge is -2.43. The predicted molar refractivity (Wildman–Crippen MR) is 82.2 cm³/mol. The van der Waals surface area contributed by atoms with Gasteiger partial charge in [-0.3, -0.25) is 4.79 Å². The van der Waals surface area contributed by atoms with Gasteiger partial charge in [-0.05, 0) is 29.7 Å². The molecule has 0 amide bonds. The number of hydrogen-bond donors (Lipinski definition) is 0. The zero-order valence-electron chi connectivity index (χ0n) is 14.0. The van der Waals surface area contributed by atoms with E-state index in [1.807, 2.05) is 0 Å². The molecule has 0 aromatic heterocycles.